The van der Waals surface area contributed by atoms with Gasteiger partial charge in [0.25, 0.3) is 0 Å². The van der Waals surface area contributed by atoms with Crippen molar-refractivity contribution in [3.8, 4) is 0 Å². The molecule has 0 radical (unpaired) electrons. The first kappa shape index (κ1) is 12.7. The highest BCUT2D eigenvalue weighted by Gasteiger charge is 2.35. The third-order valence-corrected chi connectivity index (χ3v) is 3.94. The van der Waals surface area contributed by atoms with E-state index in [2.05, 4.69) is 20.4 Å². The molecule has 4 heterocycles. The number of alkyl halides is 3. The van der Waals surface area contributed by atoms with Gasteiger partial charge in [0.15, 0.2) is 5.69 Å². The van der Waals surface area contributed by atoms with Crippen molar-refractivity contribution in [3.63, 3.8) is 0 Å². The monoisotopic (exact) mass is 272 g/mol. The molecule has 1 N–H and O–H groups in total. The third-order valence-electron chi connectivity index (χ3n) is 3.94. The Balaban J connectivity index is 1.67. The average molecular weight is 272 g/mol. The van der Waals surface area contributed by atoms with E-state index in [1.807, 2.05) is 0 Å². The lowest BCUT2D eigenvalue weighted by Gasteiger charge is -2.45. The van der Waals surface area contributed by atoms with Crippen molar-refractivity contribution in [2.45, 2.75) is 25.1 Å². The molecule has 19 heavy (non-hydrogen) atoms. The molecule has 2 bridgehead atoms. The van der Waals surface area contributed by atoms with Crippen molar-refractivity contribution < 1.29 is 13.2 Å². The van der Waals surface area contributed by atoms with Crippen LogP contribution >= 0.6 is 0 Å². The second kappa shape index (κ2) is 4.63. The number of hydrogen-bond acceptors (Lipinski definition) is 4. The second-order valence-electron chi connectivity index (χ2n) is 5.19. The standard InChI is InChI=1S/C12H15F3N4/c13-12(14,15)10-1-2-11(18-17-10)16-9-7-19-5-3-8(9)4-6-19/h1-2,8-9H,3-7H2,(H,16,18). The molecule has 0 saturated carbocycles. The summed E-state index contributed by atoms with van der Waals surface area (Å²) in [6.45, 7) is 3.19. The summed E-state index contributed by atoms with van der Waals surface area (Å²) >= 11 is 0. The van der Waals surface area contributed by atoms with Crippen LogP contribution in [0.1, 0.15) is 18.5 Å². The Morgan fingerprint density at radius 1 is 1.16 bits per heavy atom. The number of halogens is 3. The Bertz CT molecular complexity index is 437. The molecule has 4 rings (SSSR count). The lowest BCUT2D eigenvalue weighted by atomic mass is 9.84. The number of nitrogens with one attached hydrogen (secondary N) is 1. The number of anilines is 1. The molecule has 1 aromatic rings. The minimum absolute atomic E-state index is 0.272. The van der Waals surface area contributed by atoms with Crippen LogP contribution in [0, 0.1) is 5.92 Å². The number of aromatic nitrogens is 2. The summed E-state index contributed by atoms with van der Waals surface area (Å²) in [7, 11) is 0. The summed E-state index contributed by atoms with van der Waals surface area (Å²) in [6.07, 6.45) is -2.14. The normalized spacial score (nSPS) is 30.4. The molecule has 4 nitrogen and oxygen atoms in total. The molecule has 0 aromatic carbocycles. The quantitative estimate of drug-likeness (QED) is 0.894. The number of hydrogen-bond donors (Lipinski definition) is 1. The number of nitrogens with zero attached hydrogens (tertiary/aromatic N) is 3. The summed E-state index contributed by atoms with van der Waals surface area (Å²) in [5, 5.41) is 10.1. The van der Waals surface area contributed by atoms with Crippen molar-refractivity contribution in [2.24, 2.45) is 5.92 Å². The Kier molecular flexibility index (Phi) is 3.08. The van der Waals surface area contributed by atoms with Crippen molar-refractivity contribution in [3.05, 3.63) is 17.8 Å². The fourth-order valence-corrected chi connectivity index (χ4v) is 2.88. The van der Waals surface area contributed by atoms with Gasteiger partial charge >= 0.3 is 6.18 Å². The Morgan fingerprint density at radius 2 is 1.89 bits per heavy atom. The fourth-order valence-electron chi connectivity index (χ4n) is 2.88. The molecule has 1 aromatic heterocycles. The molecule has 104 valence electrons. The Labute approximate surface area is 109 Å². The molecule has 3 aliphatic heterocycles. The lowest BCUT2D eigenvalue weighted by molar-refractivity contribution is -0.141. The SMILES string of the molecule is FC(F)(F)c1ccc(NC2CN3CCC2CC3)nn1. The molecule has 1 atom stereocenters. The van der Waals surface area contributed by atoms with E-state index in [1.54, 1.807) is 0 Å². The van der Waals surface area contributed by atoms with E-state index in [0.29, 0.717) is 11.7 Å². The Morgan fingerprint density at radius 3 is 2.37 bits per heavy atom. The van der Waals surface area contributed by atoms with E-state index in [1.165, 1.54) is 6.07 Å². The van der Waals surface area contributed by atoms with E-state index < -0.39 is 11.9 Å². The highest BCUT2D eigenvalue weighted by Crippen LogP contribution is 2.30. The van der Waals surface area contributed by atoms with Gasteiger partial charge in [0.1, 0.15) is 5.82 Å². The van der Waals surface area contributed by atoms with Crippen molar-refractivity contribution in [2.75, 3.05) is 25.0 Å². The van der Waals surface area contributed by atoms with E-state index in [4.69, 9.17) is 0 Å². The molecule has 0 amide bonds. The highest BCUT2D eigenvalue weighted by atomic mass is 19.4. The van der Waals surface area contributed by atoms with E-state index in [0.717, 1.165) is 38.5 Å². The molecular weight excluding hydrogens is 257 g/mol. The van der Waals surface area contributed by atoms with Crippen LogP contribution in [0.15, 0.2) is 12.1 Å². The van der Waals surface area contributed by atoms with Crippen LogP contribution in [0.3, 0.4) is 0 Å². The number of rotatable bonds is 2. The topological polar surface area (TPSA) is 41.0 Å². The van der Waals surface area contributed by atoms with Crippen molar-refractivity contribution in [1.82, 2.24) is 15.1 Å². The van der Waals surface area contributed by atoms with Gasteiger partial charge in [-0.1, -0.05) is 0 Å². The molecule has 3 aliphatic rings. The summed E-state index contributed by atoms with van der Waals surface area (Å²) in [6, 6.07) is 2.60. The first-order valence-corrected chi connectivity index (χ1v) is 6.42. The van der Waals surface area contributed by atoms with Gasteiger partial charge in [-0.2, -0.15) is 13.2 Å². The second-order valence-corrected chi connectivity index (χ2v) is 5.19. The number of piperidine rings is 3. The molecule has 3 fully saturated rings. The Hall–Kier alpha value is -1.37. The summed E-state index contributed by atoms with van der Waals surface area (Å²) in [5.74, 6) is 1.01. The maximum atomic E-state index is 12.4. The van der Waals surface area contributed by atoms with Gasteiger partial charge in [0.05, 0.1) is 0 Å². The summed E-state index contributed by atoms with van der Waals surface area (Å²) in [4.78, 5) is 2.37. The molecular formula is C12H15F3N4. The van der Waals surface area contributed by atoms with Gasteiger partial charge in [-0.05, 0) is 44.0 Å². The van der Waals surface area contributed by atoms with Gasteiger partial charge < -0.3 is 10.2 Å². The van der Waals surface area contributed by atoms with Gasteiger partial charge in [0, 0.05) is 12.6 Å². The van der Waals surface area contributed by atoms with E-state index >= 15 is 0 Å². The number of fused-ring (bicyclic) bond motifs is 3. The zero-order valence-electron chi connectivity index (χ0n) is 10.3. The highest BCUT2D eigenvalue weighted by molar-refractivity contribution is 5.35. The maximum Gasteiger partial charge on any atom is 0.435 e. The molecule has 3 saturated heterocycles. The van der Waals surface area contributed by atoms with Gasteiger partial charge in [0.2, 0.25) is 0 Å². The van der Waals surface area contributed by atoms with Crippen LogP contribution in [0.4, 0.5) is 19.0 Å². The predicted octanol–water partition coefficient (Wildman–Crippen LogP) is 2.00. The van der Waals surface area contributed by atoms with Crippen LogP contribution in [-0.4, -0.2) is 40.8 Å². The minimum Gasteiger partial charge on any atom is -0.364 e. The minimum atomic E-state index is -4.43. The first-order chi connectivity index (χ1) is 9.02. The van der Waals surface area contributed by atoms with Crippen LogP contribution in [-0.2, 0) is 6.18 Å². The van der Waals surface area contributed by atoms with Crippen molar-refractivity contribution in [1.29, 1.82) is 0 Å². The maximum absolute atomic E-state index is 12.4. The molecule has 0 spiro atoms. The summed E-state index contributed by atoms with van der Waals surface area (Å²) < 4.78 is 37.1. The largest absolute Gasteiger partial charge is 0.435 e. The lowest BCUT2D eigenvalue weighted by Crippen LogP contribution is -2.53. The van der Waals surface area contributed by atoms with Gasteiger partial charge in [-0.25, -0.2) is 0 Å². The van der Waals surface area contributed by atoms with Crippen LogP contribution in [0.5, 0.6) is 0 Å². The van der Waals surface area contributed by atoms with E-state index in [-0.39, 0.29) is 6.04 Å². The molecule has 1 unspecified atom stereocenters. The fraction of sp³-hybridized carbons (Fsp3) is 0.667. The summed E-state index contributed by atoms with van der Waals surface area (Å²) in [5.41, 5.74) is -0.952. The van der Waals surface area contributed by atoms with Crippen molar-refractivity contribution >= 4 is 5.82 Å². The first-order valence-electron chi connectivity index (χ1n) is 6.42. The van der Waals surface area contributed by atoms with Gasteiger partial charge in [-0.15, -0.1) is 10.2 Å². The van der Waals surface area contributed by atoms with Crippen LogP contribution in [0.25, 0.3) is 0 Å². The van der Waals surface area contributed by atoms with Crippen LogP contribution in [0.2, 0.25) is 0 Å². The van der Waals surface area contributed by atoms with Gasteiger partial charge in [-0.3, -0.25) is 0 Å². The molecule has 7 heteroatoms. The third kappa shape index (κ3) is 2.65. The average Bonchev–Trinajstić information content (AvgIpc) is 2.40. The zero-order chi connectivity index (χ0) is 13.5. The molecule has 0 aliphatic carbocycles. The van der Waals surface area contributed by atoms with Crippen LogP contribution < -0.4 is 5.32 Å². The zero-order valence-corrected chi connectivity index (χ0v) is 10.3. The predicted molar refractivity (Wildman–Crippen MR) is 63.6 cm³/mol. The smallest absolute Gasteiger partial charge is 0.364 e. The van der Waals surface area contributed by atoms with E-state index in [9.17, 15) is 13.2 Å².